The molecule has 40 heavy (non-hydrogen) atoms. The summed E-state index contributed by atoms with van der Waals surface area (Å²) in [4.78, 5) is 0. The highest BCUT2D eigenvalue weighted by atomic mass is 14.2. The number of allylic oxidation sites excluding steroid dienone is 8. The first-order valence-corrected chi connectivity index (χ1v) is 14.8. The molecule has 1 fully saturated rings. The van der Waals surface area contributed by atoms with Gasteiger partial charge in [0, 0.05) is 0 Å². The number of rotatable bonds is 9. The van der Waals surface area contributed by atoms with E-state index < -0.39 is 0 Å². The van der Waals surface area contributed by atoms with Gasteiger partial charge in [-0.1, -0.05) is 152 Å². The highest BCUT2D eigenvalue weighted by Crippen LogP contribution is 2.35. The van der Waals surface area contributed by atoms with Crippen molar-refractivity contribution in [1.82, 2.24) is 0 Å². The lowest BCUT2D eigenvalue weighted by Crippen LogP contribution is -2.11. The second-order valence-electron chi connectivity index (χ2n) is 10.9. The van der Waals surface area contributed by atoms with Crippen molar-refractivity contribution in [1.29, 1.82) is 0 Å². The smallest absolute Gasteiger partial charge is 0.0159 e. The molecule has 0 N–H and O–H groups in total. The maximum absolute atomic E-state index is 4.28. The Balaban J connectivity index is -0.0000000852. The highest BCUT2D eigenvalue weighted by Gasteiger charge is 2.19. The van der Waals surface area contributed by atoms with Gasteiger partial charge in [0.05, 0.1) is 0 Å². The summed E-state index contributed by atoms with van der Waals surface area (Å²) in [6.07, 6.45) is 21.9. The maximum atomic E-state index is 4.28. The molecular formula is C40H80. The Kier molecular flexibility index (Phi) is 50.5. The van der Waals surface area contributed by atoms with Crippen LogP contribution in [0.2, 0.25) is 0 Å². The molecule has 1 atom stereocenters. The summed E-state index contributed by atoms with van der Waals surface area (Å²) in [7, 11) is 0. The molecule has 1 aliphatic rings. The normalized spacial score (nSPS) is 13.8. The third-order valence-electron chi connectivity index (χ3n) is 6.65. The molecule has 0 heterocycles. The lowest BCUT2D eigenvalue weighted by Gasteiger charge is -2.26. The topological polar surface area (TPSA) is 0 Å². The minimum atomic E-state index is 0. The molecule has 0 saturated heterocycles. The van der Waals surface area contributed by atoms with E-state index in [1.54, 1.807) is 0 Å². The van der Waals surface area contributed by atoms with Gasteiger partial charge in [-0.25, -0.2) is 0 Å². The third-order valence-corrected chi connectivity index (χ3v) is 6.65. The molecule has 0 bridgehead atoms. The van der Waals surface area contributed by atoms with Crippen LogP contribution in [-0.4, -0.2) is 0 Å². The fourth-order valence-electron chi connectivity index (χ4n) is 3.88. The monoisotopic (exact) mass is 561 g/mol. The Labute approximate surface area is 258 Å². The van der Waals surface area contributed by atoms with Crippen LogP contribution < -0.4 is 0 Å². The van der Waals surface area contributed by atoms with E-state index in [1.807, 2.05) is 6.92 Å². The molecule has 0 nitrogen and oxygen atoms in total. The zero-order valence-corrected chi connectivity index (χ0v) is 27.3. The van der Waals surface area contributed by atoms with Gasteiger partial charge in [0.1, 0.15) is 0 Å². The zero-order valence-electron chi connectivity index (χ0n) is 27.3. The molecule has 0 radical (unpaired) electrons. The van der Waals surface area contributed by atoms with Crippen LogP contribution in [0.3, 0.4) is 0 Å². The number of hydrogen-bond acceptors (Lipinski definition) is 0. The summed E-state index contributed by atoms with van der Waals surface area (Å²) in [6, 6.07) is 0. The Morgan fingerprint density at radius 3 is 1.68 bits per heavy atom. The van der Waals surface area contributed by atoms with Crippen molar-refractivity contribution in [2.24, 2.45) is 17.3 Å². The highest BCUT2D eigenvalue weighted by molar-refractivity contribution is 5.45. The van der Waals surface area contributed by atoms with Crippen LogP contribution in [0.5, 0.6) is 0 Å². The zero-order chi connectivity index (χ0) is 29.9. The molecule has 0 amide bonds. The summed E-state index contributed by atoms with van der Waals surface area (Å²) in [5.74, 6) is 1.63. The first kappa shape index (κ1) is 54.3. The third kappa shape index (κ3) is 30.7. The lowest BCUT2D eigenvalue weighted by molar-refractivity contribution is 0.406. The van der Waals surface area contributed by atoms with Gasteiger partial charge in [0.2, 0.25) is 0 Å². The van der Waals surface area contributed by atoms with Crippen molar-refractivity contribution in [3.05, 3.63) is 86.1 Å². The standard InChI is InChI=1S/C17H26.C13H26.C3H8.2C2H4.3CH4/c1-5-7-11-14(3)15(4)17(6-2)16-12-9-8-10-13-16;1-7-11(2)9-8-10-12(3)13(4,5)6;1-3-2;2*1-2;;;/h5-7,11,16H,4,8-10,12-13H2,1-3H3;11H,3,7-10H2,1-2,4-6H3;3H2,1-2H3;2*1-2H2;3*1H4/b7-5-,14-11-,17-6+;;;;;;;. The maximum Gasteiger partial charge on any atom is -0.0159 e. The molecule has 0 heteroatoms. The molecule has 1 saturated carbocycles. The number of hydrogen-bond donors (Lipinski definition) is 0. The summed E-state index contributed by atoms with van der Waals surface area (Å²) in [6.45, 7) is 42.4. The molecule has 1 unspecified atom stereocenters. The van der Waals surface area contributed by atoms with Crippen molar-refractivity contribution in [2.45, 2.75) is 156 Å². The van der Waals surface area contributed by atoms with Crippen molar-refractivity contribution >= 4 is 0 Å². The molecule has 1 aliphatic carbocycles. The van der Waals surface area contributed by atoms with E-state index in [1.165, 1.54) is 86.5 Å². The van der Waals surface area contributed by atoms with E-state index in [4.69, 9.17) is 0 Å². The Morgan fingerprint density at radius 1 is 0.875 bits per heavy atom. The van der Waals surface area contributed by atoms with Gasteiger partial charge in [-0.2, -0.15) is 0 Å². The van der Waals surface area contributed by atoms with Crippen molar-refractivity contribution in [3.63, 3.8) is 0 Å². The van der Waals surface area contributed by atoms with Gasteiger partial charge < -0.3 is 0 Å². The van der Waals surface area contributed by atoms with Gasteiger partial charge in [0.25, 0.3) is 0 Å². The van der Waals surface area contributed by atoms with Gasteiger partial charge in [-0.15, -0.1) is 26.3 Å². The summed E-state index contributed by atoms with van der Waals surface area (Å²) >= 11 is 0. The van der Waals surface area contributed by atoms with E-state index in [2.05, 4.69) is 126 Å². The van der Waals surface area contributed by atoms with Gasteiger partial charge in [-0.05, 0) is 80.4 Å². The van der Waals surface area contributed by atoms with E-state index in [9.17, 15) is 0 Å². The fraction of sp³-hybridized carbons (Fsp3) is 0.650. The van der Waals surface area contributed by atoms with Crippen molar-refractivity contribution in [3.8, 4) is 0 Å². The van der Waals surface area contributed by atoms with Crippen LogP contribution in [0.25, 0.3) is 0 Å². The van der Waals surface area contributed by atoms with Crippen LogP contribution >= 0.6 is 0 Å². The Bertz CT molecular complexity index is 623. The van der Waals surface area contributed by atoms with E-state index in [-0.39, 0.29) is 22.3 Å². The van der Waals surface area contributed by atoms with Crippen LogP contribution in [0.4, 0.5) is 0 Å². The van der Waals surface area contributed by atoms with Crippen LogP contribution in [0, 0.1) is 17.3 Å². The molecule has 0 aromatic rings. The quantitative estimate of drug-likeness (QED) is 0.194. The molecule has 240 valence electrons. The summed E-state index contributed by atoms with van der Waals surface area (Å²) in [5, 5.41) is 0. The summed E-state index contributed by atoms with van der Waals surface area (Å²) < 4.78 is 0. The van der Waals surface area contributed by atoms with Gasteiger partial charge >= 0.3 is 0 Å². The Morgan fingerprint density at radius 2 is 1.32 bits per heavy atom. The SMILES string of the molecule is C.C.C.C=C.C=C.C=C(/C(C)=C\C=C/C)/C(=C\C)C1CCCCC1.C=C(CCCC(C)CC)C(C)(C)C.CCC. The fourth-order valence-corrected chi connectivity index (χ4v) is 3.88. The molecule has 0 aromatic heterocycles. The molecule has 1 rings (SSSR count). The average Bonchev–Trinajstić information content (AvgIpc) is 2.90. The molecular weight excluding hydrogens is 480 g/mol. The van der Waals surface area contributed by atoms with E-state index in [0.717, 1.165) is 11.8 Å². The second kappa shape index (κ2) is 37.2. The predicted molar refractivity (Wildman–Crippen MR) is 199 cm³/mol. The van der Waals surface area contributed by atoms with Crippen molar-refractivity contribution < 1.29 is 0 Å². The minimum Gasteiger partial charge on any atom is -0.106 e. The van der Waals surface area contributed by atoms with Crippen LogP contribution in [0.1, 0.15) is 156 Å². The second-order valence-corrected chi connectivity index (χ2v) is 10.9. The first-order chi connectivity index (χ1) is 17.5. The lowest BCUT2D eigenvalue weighted by atomic mass is 9.79. The molecule has 0 aromatic carbocycles. The van der Waals surface area contributed by atoms with Gasteiger partial charge in [-0.3, -0.25) is 0 Å². The first-order valence-electron chi connectivity index (χ1n) is 14.8. The van der Waals surface area contributed by atoms with Crippen LogP contribution in [-0.2, 0) is 0 Å². The van der Waals surface area contributed by atoms with Gasteiger partial charge in [0.15, 0.2) is 0 Å². The average molecular weight is 561 g/mol. The van der Waals surface area contributed by atoms with E-state index >= 15 is 0 Å². The Hall–Kier alpha value is -1.82. The van der Waals surface area contributed by atoms with Crippen LogP contribution in [0.15, 0.2) is 86.1 Å². The summed E-state index contributed by atoms with van der Waals surface area (Å²) in [5.41, 5.74) is 5.70. The van der Waals surface area contributed by atoms with Crippen molar-refractivity contribution in [2.75, 3.05) is 0 Å². The molecule has 0 aliphatic heterocycles. The largest absolute Gasteiger partial charge is 0.106 e. The predicted octanol–water partition coefficient (Wildman–Crippen LogP) is 15.3. The minimum absolute atomic E-state index is 0. The molecule has 0 spiro atoms. The van der Waals surface area contributed by atoms with E-state index in [0.29, 0.717) is 5.41 Å².